The van der Waals surface area contributed by atoms with Crippen molar-refractivity contribution in [3.8, 4) is 0 Å². The number of aliphatic imine (C=N–C) groups is 1. The summed E-state index contributed by atoms with van der Waals surface area (Å²) in [6.45, 7) is 0. The number of hydrogen-bond donors (Lipinski definition) is 0. The Morgan fingerprint density at radius 1 is 1.37 bits per heavy atom. The van der Waals surface area contributed by atoms with Gasteiger partial charge in [-0.25, -0.2) is 13.2 Å². The minimum Gasteiger partial charge on any atom is -0.224 e. The molecule has 0 aromatic heterocycles. The molecule has 1 aromatic carbocycles. The van der Waals surface area contributed by atoms with E-state index in [9.17, 15) is 13.2 Å². The lowest BCUT2D eigenvalue weighted by Gasteiger charge is -2.37. The van der Waals surface area contributed by atoms with E-state index in [0.29, 0.717) is 4.90 Å². The van der Waals surface area contributed by atoms with Crippen LogP contribution < -0.4 is 0 Å². The zero-order chi connectivity index (χ0) is 14.1. The first-order chi connectivity index (χ1) is 8.93. The Bertz CT molecular complexity index is 642. The molecule has 1 aliphatic carbocycles. The van der Waals surface area contributed by atoms with Crippen LogP contribution in [0.3, 0.4) is 0 Å². The third kappa shape index (κ3) is 2.61. The molecule has 0 spiro atoms. The van der Waals surface area contributed by atoms with E-state index in [4.69, 9.17) is 0 Å². The average molecular weight is 297 g/mol. The molecule has 0 amide bonds. The molecule has 0 atom stereocenters. The van der Waals surface area contributed by atoms with Crippen LogP contribution in [-0.2, 0) is 20.2 Å². The molecule has 0 bridgehead atoms. The lowest BCUT2D eigenvalue weighted by molar-refractivity contribution is 0.255. The summed E-state index contributed by atoms with van der Waals surface area (Å²) in [5, 5.41) is 0. The average Bonchev–Trinajstić information content (AvgIpc) is 2.32. The van der Waals surface area contributed by atoms with Crippen LogP contribution >= 0.6 is 11.8 Å². The van der Waals surface area contributed by atoms with E-state index in [1.54, 1.807) is 18.2 Å². The maximum Gasteiger partial charge on any atom is 0.235 e. The Labute approximate surface area is 117 Å². The molecule has 4 nitrogen and oxygen atoms in total. The topological polar surface area (TPSA) is 63.6 Å². The Morgan fingerprint density at radius 2 is 2.05 bits per heavy atom. The maximum atomic E-state index is 11.8. The van der Waals surface area contributed by atoms with Gasteiger partial charge in [-0.2, -0.15) is 4.99 Å². The summed E-state index contributed by atoms with van der Waals surface area (Å²) >= 11 is 1.39. The van der Waals surface area contributed by atoms with Crippen LogP contribution in [-0.4, -0.2) is 27.0 Å². The smallest absolute Gasteiger partial charge is 0.224 e. The molecule has 19 heavy (non-hydrogen) atoms. The van der Waals surface area contributed by atoms with Gasteiger partial charge in [0.25, 0.3) is 0 Å². The lowest BCUT2D eigenvalue weighted by atomic mass is 9.72. The van der Waals surface area contributed by atoms with Crippen LogP contribution in [0.1, 0.15) is 24.8 Å². The number of nitrogens with zero attached hydrogens (tertiary/aromatic N) is 1. The van der Waals surface area contributed by atoms with Crippen LogP contribution in [0.2, 0.25) is 0 Å². The Hall–Kier alpha value is -1.10. The molecule has 0 saturated heterocycles. The van der Waals surface area contributed by atoms with E-state index >= 15 is 0 Å². The van der Waals surface area contributed by atoms with Gasteiger partial charge in [-0.3, -0.25) is 0 Å². The number of rotatable bonds is 4. The van der Waals surface area contributed by atoms with Gasteiger partial charge in [-0.05, 0) is 43.2 Å². The van der Waals surface area contributed by atoms with Gasteiger partial charge >= 0.3 is 0 Å². The quantitative estimate of drug-likeness (QED) is 0.487. The Balaban J connectivity index is 2.58. The van der Waals surface area contributed by atoms with Gasteiger partial charge in [0.2, 0.25) is 6.08 Å². The standard InChI is InChI=1S/C13H15NO3S2/c1-18-11-5-4-10(8-12(11)19(2,16)17)13(14-9-15)6-3-7-13/h4-5,8H,3,6-7H2,1-2H3. The molecule has 0 unspecified atom stereocenters. The van der Waals surface area contributed by atoms with E-state index in [1.165, 1.54) is 18.0 Å². The maximum absolute atomic E-state index is 11.8. The molecule has 0 radical (unpaired) electrons. The minimum atomic E-state index is -3.29. The van der Waals surface area contributed by atoms with Crippen molar-refractivity contribution in [3.63, 3.8) is 0 Å². The predicted octanol–water partition coefficient (Wildman–Crippen LogP) is 2.53. The van der Waals surface area contributed by atoms with Crippen molar-refractivity contribution in [3.05, 3.63) is 23.8 Å². The summed E-state index contributed by atoms with van der Waals surface area (Å²) < 4.78 is 23.7. The summed E-state index contributed by atoms with van der Waals surface area (Å²) in [6, 6.07) is 5.30. The normalized spacial score (nSPS) is 17.4. The molecule has 1 fully saturated rings. The molecule has 1 aliphatic rings. The number of benzene rings is 1. The summed E-state index contributed by atoms with van der Waals surface area (Å²) in [4.78, 5) is 15.5. The molecule has 0 aliphatic heterocycles. The second-order valence-corrected chi connectivity index (χ2v) is 7.56. The number of thioether (sulfide) groups is 1. The molecule has 0 heterocycles. The van der Waals surface area contributed by atoms with Crippen molar-refractivity contribution in [2.24, 2.45) is 4.99 Å². The van der Waals surface area contributed by atoms with Crippen LogP contribution in [0.5, 0.6) is 0 Å². The van der Waals surface area contributed by atoms with E-state index in [1.807, 2.05) is 12.3 Å². The molecular weight excluding hydrogens is 282 g/mol. The first-order valence-corrected chi connectivity index (χ1v) is 9.02. The van der Waals surface area contributed by atoms with Gasteiger partial charge < -0.3 is 0 Å². The van der Waals surface area contributed by atoms with Gasteiger partial charge in [-0.15, -0.1) is 11.8 Å². The zero-order valence-corrected chi connectivity index (χ0v) is 12.5. The van der Waals surface area contributed by atoms with E-state index in [2.05, 4.69) is 4.99 Å². The summed E-state index contributed by atoms with van der Waals surface area (Å²) in [7, 11) is -3.29. The number of isocyanates is 1. The molecule has 1 aromatic rings. The molecule has 6 heteroatoms. The highest BCUT2D eigenvalue weighted by Gasteiger charge is 2.39. The highest BCUT2D eigenvalue weighted by atomic mass is 32.2. The first kappa shape index (κ1) is 14.3. The van der Waals surface area contributed by atoms with Crippen molar-refractivity contribution in [2.75, 3.05) is 12.5 Å². The third-order valence-electron chi connectivity index (χ3n) is 3.54. The monoisotopic (exact) mass is 297 g/mol. The second-order valence-electron chi connectivity index (χ2n) is 4.73. The predicted molar refractivity (Wildman–Crippen MR) is 75.0 cm³/mol. The number of carbonyl (C=O) groups excluding carboxylic acids is 1. The lowest BCUT2D eigenvalue weighted by Crippen LogP contribution is -2.32. The zero-order valence-electron chi connectivity index (χ0n) is 10.8. The number of hydrogen-bond acceptors (Lipinski definition) is 5. The van der Waals surface area contributed by atoms with Gasteiger partial charge in [0.15, 0.2) is 9.84 Å². The fraction of sp³-hybridized carbons (Fsp3) is 0.462. The Morgan fingerprint density at radius 3 is 2.47 bits per heavy atom. The summed E-state index contributed by atoms with van der Waals surface area (Å²) in [5.74, 6) is 0. The molecular formula is C13H15NO3S2. The molecule has 0 N–H and O–H groups in total. The Kier molecular flexibility index (Phi) is 3.85. The molecule has 2 rings (SSSR count). The molecule has 102 valence electrons. The van der Waals surface area contributed by atoms with E-state index in [0.717, 1.165) is 29.7 Å². The number of sulfone groups is 1. The van der Waals surface area contributed by atoms with Crippen LogP contribution in [0.15, 0.2) is 33.0 Å². The summed E-state index contributed by atoms with van der Waals surface area (Å²) in [6.07, 6.45) is 7.18. The first-order valence-electron chi connectivity index (χ1n) is 5.90. The van der Waals surface area contributed by atoms with Gasteiger partial charge in [0.1, 0.15) is 0 Å². The third-order valence-corrected chi connectivity index (χ3v) is 5.60. The van der Waals surface area contributed by atoms with Crippen molar-refractivity contribution in [1.29, 1.82) is 0 Å². The van der Waals surface area contributed by atoms with Crippen LogP contribution in [0.4, 0.5) is 0 Å². The van der Waals surface area contributed by atoms with Crippen LogP contribution in [0.25, 0.3) is 0 Å². The van der Waals surface area contributed by atoms with Crippen molar-refractivity contribution in [2.45, 2.75) is 34.6 Å². The highest BCUT2D eigenvalue weighted by Crippen LogP contribution is 2.45. The van der Waals surface area contributed by atoms with Gasteiger partial charge in [0, 0.05) is 11.2 Å². The fourth-order valence-corrected chi connectivity index (χ4v) is 4.26. The van der Waals surface area contributed by atoms with Crippen molar-refractivity contribution in [1.82, 2.24) is 0 Å². The van der Waals surface area contributed by atoms with Crippen molar-refractivity contribution >= 4 is 27.7 Å². The fourth-order valence-electron chi connectivity index (χ4n) is 2.32. The van der Waals surface area contributed by atoms with Gasteiger partial charge in [-0.1, -0.05) is 6.07 Å². The second kappa shape index (κ2) is 5.12. The van der Waals surface area contributed by atoms with Gasteiger partial charge in [0.05, 0.1) is 10.4 Å². The highest BCUT2D eigenvalue weighted by molar-refractivity contribution is 7.99. The van der Waals surface area contributed by atoms with Crippen molar-refractivity contribution < 1.29 is 13.2 Å². The largest absolute Gasteiger partial charge is 0.235 e. The van der Waals surface area contributed by atoms with E-state index in [-0.39, 0.29) is 0 Å². The SMILES string of the molecule is CSc1ccc(C2(N=C=O)CCC2)cc1S(C)(=O)=O. The van der Waals surface area contributed by atoms with E-state index < -0.39 is 15.4 Å². The van der Waals surface area contributed by atoms with Crippen LogP contribution in [0, 0.1) is 0 Å². The summed E-state index contributed by atoms with van der Waals surface area (Å²) in [5.41, 5.74) is 0.235. The molecule has 1 saturated carbocycles. The minimum absolute atomic E-state index is 0.310.